The monoisotopic (exact) mass is 332 g/mol. The van der Waals surface area contributed by atoms with Crippen molar-refractivity contribution >= 4 is 27.6 Å². The number of pyridine rings is 1. The summed E-state index contributed by atoms with van der Waals surface area (Å²) < 4.78 is 2.13. The zero-order chi connectivity index (χ0) is 17.6. The van der Waals surface area contributed by atoms with Crippen molar-refractivity contribution in [1.29, 1.82) is 0 Å². The normalized spacial score (nSPS) is 11.3. The highest BCUT2D eigenvalue weighted by Gasteiger charge is 2.14. The number of anilines is 1. The maximum absolute atomic E-state index is 12.8. The number of hydrogen-bond donors (Lipinski definition) is 1. The molecule has 126 valence electrons. The first-order chi connectivity index (χ1) is 12.1. The summed E-state index contributed by atoms with van der Waals surface area (Å²) in [5.41, 5.74) is 4.64. The minimum absolute atomic E-state index is 0.0128. The van der Waals surface area contributed by atoms with E-state index in [0.29, 0.717) is 0 Å². The van der Waals surface area contributed by atoms with E-state index in [0.717, 1.165) is 45.7 Å². The first-order valence-electron chi connectivity index (χ1n) is 8.38. The smallest absolute Gasteiger partial charge is 0.190 e. The molecule has 5 heteroatoms. The Kier molecular flexibility index (Phi) is 3.57. The molecule has 0 spiro atoms. The van der Waals surface area contributed by atoms with Crippen LogP contribution in [0.25, 0.3) is 33.5 Å². The van der Waals surface area contributed by atoms with E-state index >= 15 is 0 Å². The van der Waals surface area contributed by atoms with Gasteiger partial charge in [-0.15, -0.1) is 0 Å². The molecule has 0 unspecified atom stereocenters. The molecule has 1 N–H and O–H groups in total. The van der Waals surface area contributed by atoms with Crippen molar-refractivity contribution in [1.82, 2.24) is 14.5 Å². The summed E-state index contributed by atoms with van der Waals surface area (Å²) >= 11 is 0. The van der Waals surface area contributed by atoms with Gasteiger partial charge in [-0.3, -0.25) is 4.79 Å². The van der Waals surface area contributed by atoms with Crippen molar-refractivity contribution in [3.8, 4) is 11.5 Å². The number of aromatic amines is 1. The number of para-hydroxylation sites is 2. The fourth-order valence-electron chi connectivity index (χ4n) is 3.26. The van der Waals surface area contributed by atoms with Crippen molar-refractivity contribution in [2.75, 3.05) is 19.0 Å². The van der Waals surface area contributed by atoms with Crippen LogP contribution in [0.15, 0.2) is 53.3 Å². The fourth-order valence-corrected chi connectivity index (χ4v) is 3.26. The van der Waals surface area contributed by atoms with Crippen LogP contribution in [-0.2, 0) is 6.54 Å². The molecule has 25 heavy (non-hydrogen) atoms. The molecular weight excluding hydrogens is 312 g/mol. The van der Waals surface area contributed by atoms with Crippen molar-refractivity contribution in [3.63, 3.8) is 0 Å². The van der Waals surface area contributed by atoms with Gasteiger partial charge in [-0.1, -0.05) is 12.1 Å². The topological polar surface area (TPSA) is 53.9 Å². The van der Waals surface area contributed by atoms with Crippen LogP contribution in [0, 0.1) is 0 Å². The lowest BCUT2D eigenvalue weighted by molar-refractivity contribution is 0.791. The molecule has 0 aliphatic heterocycles. The highest BCUT2D eigenvalue weighted by atomic mass is 16.1. The van der Waals surface area contributed by atoms with Gasteiger partial charge in [-0.05, 0) is 37.3 Å². The SMILES string of the molecule is CCn1c(-c2nc3ccccc3[nH]2)cc(=O)c2cc(N(C)C)ccc21. The molecule has 4 aromatic rings. The lowest BCUT2D eigenvalue weighted by atomic mass is 10.1. The molecule has 0 bridgehead atoms. The highest BCUT2D eigenvalue weighted by molar-refractivity contribution is 5.86. The van der Waals surface area contributed by atoms with Gasteiger partial charge in [0.15, 0.2) is 11.3 Å². The number of nitrogens with one attached hydrogen (secondary N) is 1. The van der Waals surface area contributed by atoms with Gasteiger partial charge in [0, 0.05) is 37.8 Å². The molecule has 0 aliphatic carbocycles. The van der Waals surface area contributed by atoms with E-state index in [4.69, 9.17) is 0 Å². The van der Waals surface area contributed by atoms with E-state index in [1.165, 1.54) is 0 Å². The van der Waals surface area contributed by atoms with Gasteiger partial charge in [0.1, 0.15) is 0 Å². The quantitative estimate of drug-likeness (QED) is 0.623. The van der Waals surface area contributed by atoms with Crippen molar-refractivity contribution in [2.45, 2.75) is 13.5 Å². The Balaban J connectivity index is 2.01. The van der Waals surface area contributed by atoms with E-state index in [9.17, 15) is 4.79 Å². The van der Waals surface area contributed by atoms with Gasteiger partial charge >= 0.3 is 0 Å². The minimum atomic E-state index is 0.0128. The van der Waals surface area contributed by atoms with E-state index in [-0.39, 0.29) is 5.43 Å². The Bertz CT molecular complexity index is 1100. The Morgan fingerprint density at radius 3 is 2.64 bits per heavy atom. The Morgan fingerprint density at radius 2 is 1.92 bits per heavy atom. The molecule has 2 heterocycles. The summed E-state index contributed by atoms with van der Waals surface area (Å²) in [7, 11) is 3.95. The van der Waals surface area contributed by atoms with E-state index in [1.54, 1.807) is 6.07 Å². The molecule has 5 nitrogen and oxygen atoms in total. The highest BCUT2D eigenvalue weighted by Crippen LogP contribution is 2.25. The number of hydrogen-bond acceptors (Lipinski definition) is 3. The second-order valence-electron chi connectivity index (χ2n) is 6.34. The Labute approximate surface area is 145 Å². The van der Waals surface area contributed by atoms with Crippen molar-refractivity contribution in [3.05, 3.63) is 58.8 Å². The fraction of sp³-hybridized carbons (Fsp3) is 0.200. The largest absolute Gasteiger partial charge is 0.378 e. The van der Waals surface area contributed by atoms with E-state index in [1.807, 2.05) is 61.5 Å². The van der Waals surface area contributed by atoms with E-state index in [2.05, 4.69) is 21.5 Å². The van der Waals surface area contributed by atoms with Crippen molar-refractivity contribution in [2.24, 2.45) is 0 Å². The standard InChI is InChI=1S/C20H20N4O/c1-4-24-17-10-9-13(23(2)3)11-14(17)19(25)12-18(24)20-21-15-7-5-6-8-16(15)22-20/h5-12H,4H2,1-3H3,(H,21,22). The molecule has 2 aromatic heterocycles. The third-order valence-corrected chi connectivity index (χ3v) is 4.56. The van der Waals surface area contributed by atoms with Gasteiger partial charge in [-0.2, -0.15) is 0 Å². The molecule has 0 saturated heterocycles. The number of rotatable bonds is 3. The maximum atomic E-state index is 12.8. The lowest BCUT2D eigenvalue weighted by Gasteiger charge is -2.17. The van der Waals surface area contributed by atoms with Crippen LogP contribution in [-0.4, -0.2) is 28.6 Å². The Hall–Kier alpha value is -3.08. The van der Waals surface area contributed by atoms with Crippen LogP contribution in [0.2, 0.25) is 0 Å². The molecule has 0 radical (unpaired) electrons. The molecule has 0 saturated carbocycles. The van der Waals surface area contributed by atoms with Gasteiger partial charge in [-0.25, -0.2) is 4.98 Å². The Morgan fingerprint density at radius 1 is 1.12 bits per heavy atom. The van der Waals surface area contributed by atoms with Gasteiger partial charge in [0.05, 0.1) is 22.2 Å². The summed E-state index contributed by atoms with van der Waals surface area (Å²) in [5, 5.41) is 0.730. The van der Waals surface area contributed by atoms with Crippen LogP contribution in [0.1, 0.15) is 6.92 Å². The van der Waals surface area contributed by atoms with Crippen molar-refractivity contribution < 1.29 is 0 Å². The number of fused-ring (bicyclic) bond motifs is 2. The number of aromatic nitrogens is 3. The molecule has 0 fully saturated rings. The average molecular weight is 332 g/mol. The van der Waals surface area contributed by atoms with Crippen LogP contribution < -0.4 is 10.3 Å². The molecule has 2 aromatic carbocycles. The number of benzene rings is 2. The number of nitrogens with zero attached hydrogens (tertiary/aromatic N) is 3. The van der Waals surface area contributed by atoms with Gasteiger partial charge in [0.25, 0.3) is 0 Å². The van der Waals surface area contributed by atoms with Gasteiger partial charge in [0.2, 0.25) is 0 Å². The third-order valence-electron chi connectivity index (χ3n) is 4.56. The first-order valence-corrected chi connectivity index (χ1v) is 8.38. The lowest BCUT2D eigenvalue weighted by Crippen LogP contribution is -2.14. The zero-order valence-corrected chi connectivity index (χ0v) is 14.6. The summed E-state index contributed by atoms with van der Waals surface area (Å²) in [4.78, 5) is 22.8. The second kappa shape index (κ2) is 5.77. The average Bonchev–Trinajstić information content (AvgIpc) is 3.05. The first kappa shape index (κ1) is 15.4. The molecule has 4 rings (SSSR count). The van der Waals surface area contributed by atoms with Gasteiger partial charge < -0.3 is 14.5 Å². The minimum Gasteiger partial charge on any atom is -0.378 e. The number of imidazole rings is 1. The molecule has 0 atom stereocenters. The molecular formula is C20H20N4O. The second-order valence-corrected chi connectivity index (χ2v) is 6.34. The summed E-state index contributed by atoms with van der Waals surface area (Å²) in [6, 6.07) is 15.6. The molecule has 0 aliphatic rings. The summed E-state index contributed by atoms with van der Waals surface area (Å²) in [6.45, 7) is 2.83. The summed E-state index contributed by atoms with van der Waals surface area (Å²) in [5.74, 6) is 0.721. The van der Waals surface area contributed by atoms with Crippen LogP contribution >= 0.6 is 0 Å². The van der Waals surface area contributed by atoms with Crippen LogP contribution in [0.4, 0.5) is 5.69 Å². The van der Waals surface area contributed by atoms with Crippen LogP contribution in [0.3, 0.4) is 0 Å². The van der Waals surface area contributed by atoms with E-state index < -0.39 is 0 Å². The number of H-pyrrole nitrogens is 1. The number of aryl methyl sites for hydroxylation is 1. The maximum Gasteiger partial charge on any atom is 0.190 e. The zero-order valence-electron chi connectivity index (χ0n) is 14.6. The predicted molar refractivity (Wildman–Crippen MR) is 103 cm³/mol. The predicted octanol–water partition coefficient (Wildman–Crippen LogP) is 3.63. The summed E-state index contributed by atoms with van der Waals surface area (Å²) in [6.07, 6.45) is 0. The third kappa shape index (κ3) is 2.48. The molecule has 0 amide bonds. The van der Waals surface area contributed by atoms with Crippen LogP contribution in [0.5, 0.6) is 0 Å².